The normalized spacial score (nSPS) is 16.0. The number of imide groups is 1. The summed E-state index contributed by atoms with van der Waals surface area (Å²) in [6.45, 7) is 6.34. The van der Waals surface area contributed by atoms with Crippen LogP contribution in [-0.2, 0) is 11.3 Å². The van der Waals surface area contributed by atoms with E-state index in [1.807, 2.05) is 30.5 Å². The molecule has 2 N–H and O–H groups in total. The number of furan rings is 1. The van der Waals surface area contributed by atoms with Gasteiger partial charge in [-0.25, -0.2) is 4.79 Å². The lowest BCUT2D eigenvalue weighted by atomic mass is 9.96. The lowest BCUT2D eigenvalue weighted by Crippen LogP contribution is -2.47. The lowest BCUT2D eigenvalue weighted by Gasteiger charge is -2.23. The Balaban J connectivity index is 1.61. The highest BCUT2D eigenvalue weighted by molar-refractivity contribution is 8.00. The molecule has 2 aromatic rings. The van der Waals surface area contributed by atoms with E-state index >= 15 is 0 Å². The van der Waals surface area contributed by atoms with Crippen LogP contribution in [0, 0.1) is 0 Å². The average Bonchev–Trinajstić information content (AvgIpc) is 3.33. The van der Waals surface area contributed by atoms with Crippen LogP contribution >= 0.6 is 11.8 Å². The molecule has 2 heterocycles. The smallest absolute Gasteiger partial charge is 0.321 e. The van der Waals surface area contributed by atoms with E-state index in [1.165, 1.54) is 18.2 Å². The molecule has 1 saturated carbocycles. The summed E-state index contributed by atoms with van der Waals surface area (Å²) in [7, 11) is 0. The predicted molar refractivity (Wildman–Crippen MR) is 111 cm³/mol. The molecule has 1 fully saturated rings. The molecule has 0 saturated heterocycles. The van der Waals surface area contributed by atoms with Crippen molar-refractivity contribution in [3.05, 3.63) is 30.0 Å². The van der Waals surface area contributed by atoms with E-state index in [4.69, 9.17) is 4.42 Å². The Morgan fingerprint density at radius 2 is 2.00 bits per heavy atom. The molecule has 9 heteroatoms. The molecule has 8 nitrogen and oxygen atoms in total. The van der Waals surface area contributed by atoms with Crippen LogP contribution in [0.25, 0.3) is 0 Å². The zero-order chi connectivity index (χ0) is 20.8. The molecule has 158 valence electrons. The van der Waals surface area contributed by atoms with Gasteiger partial charge in [-0.15, -0.1) is 10.2 Å². The van der Waals surface area contributed by atoms with Crippen molar-refractivity contribution in [3.8, 4) is 0 Å². The van der Waals surface area contributed by atoms with Crippen molar-refractivity contribution < 1.29 is 14.0 Å². The minimum absolute atomic E-state index is 0.157. The Labute approximate surface area is 175 Å². The van der Waals surface area contributed by atoms with Crippen LogP contribution in [0.15, 0.2) is 28.0 Å². The molecule has 29 heavy (non-hydrogen) atoms. The Morgan fingerprint density at radius 1 is 1.24 bits per heavy atom. The van der Waals surface area contributed by atoms with Crippen molar-refractivity contribution in [1.82, 2.24) is 25.4 Å². The Bertz CT molecular complexity index is 812. The van der Waals surface area contributed by atoms with E-state index in [-0.39, 0.29) is 17.9 Å². The van der Waals surface area contributed by atoms with E-state index in [2.05, 4.69) is 20.8 Å². The number of nitrogens with zero attached hydrogens (tertiary/aromatic N) is 3. The first kappa shape index (κ1) is 21.4. The van der Waals surface area contributed by atoms with Crippen molar-refractivity contribution in [2.45, 2.75) is 81.8 Å². The second-order valence-electron chi connectivity index (χ2n) is 7.72. The van der Waals surface area contributed by atoms with Crippen LogP contribution in [-0.4, -0.2) is 38.0 Å². The van der Waals surface area contributed by atoms with E-state index in [0.29, 0.717) is 11.7 Å². The van der Waals surface area contributed by atoms with Crippen molar-refractivity contribution in [2.24, 2.45) is 0 Å². The number of thioether (sulfide) groups is 1. The third kappa shape index (κ3) is 5.85. The maximum atomic E-state index is 12.5. The van der Waals surface area contributed by atoms with Crippen molar-refractivity contribution in [3.63, 3.8) is 0 Å². The van der Waals surface area contributed by atoms with E-state index in [0.717, 1.165) is 37.3 Å². The van der Waals surface area contributed by atoms with Gasteiger partial charge in [0.15, 0.2) is 5.16 Å². The van der Waals surface area contributed by atoms with Gasteiger partial charge in [0.05, 0.1) is 18.1 Å². The van der Waals surface area contributed by atoms with Crippen LogP contribution in [0.4, 0.5) is 4.79 Å². The van der Waals surface area contributed by atoms with Gasteiger partial charge in [0.2, 0.25) is 5.91 Å². The summed E-state index contributed by atoms with van der Waals surface area (Å²) in [4.78, 5) is 24.7. The zero-order valence-electron chi connectivity index (χ0n) is 17.2. The van der Waals surface area contributed by atoms with E-state index < -0.39 is 11.3 Å². The molecule has 1 aliphatic rings. The highest BCUT2D eigenvalue weighted by atomic mass is 32.2. The first-order chi connectivity index (χ1) is 13.9. The molecule has 1 atom stereocenters. The summed E-state index contributed by atoms with van der Waals surface area (Å²) < 4.78 is 7.41. The summed E-state index contributed by atoms with van der Waals surface area (Å²) in [5.74, 6) is 1.45. The number of hydrogen-bond acceptors (Lipinski definition) is 6. The standard InChI is InChI=1S/C20H29N5O3S/c1-13(2)17-23-24-20(25(17)12-16-10-7-11-28-16)29-14(3)18(26)22-19(27)21-15-8-5-4-6-9-15/h7,10-11,13-15H,4-6,8-9,12H2,1-3H3,(H2,21,22,26,27). The molecule has 1 unspecified atom stereocenters. The highest BCUT2D eigenvalue weighted by Crippen LogP contribution is 2.26. The fraction of sp³-hybridized carbons (Fsp3) is 0.600. The van der Waals surface area contributed by atoms with Gasteiger partial charge in [-0.2, -0.15) is 0 Å². The van der Waals surface area contributed by atoms with Gasteiger partial charge in [-0.05, 0) is 31.9 Å². The number of aromatic nitrogens is 3. The Hall–Kier alpha value is -2.29. The molecule has 3 rings (SSSR count). The van der Waals surface area contributed by atoms with Crippen molar-refractivity contribution in [2.75, 3.05) is 0 Å². The fourth-order valence-electron chi connectivity index (χ4n) is 3.41. The largest absolute Gasteiger partial charge is 0.467 e. The quantitative estimate of drug-likeness (QED) is 0.664. The number of hydrogen-bond donors (Lipinski definition) is 2. The molecule has 1 aliphatic carbocycles. The molecule has 3 amide bonds. The molecule has 0 aromatic carbocycles. The Kier molecular flexibility index (Phi) is 7.35. The van der Waals surface area contributed by atoms with Crippen molar-refractivity contribution in [1.29, 1.82) is 0 Å². The predicted octanol–water partition coefficient (Wildman–Crippen LogP) is 3.68. The van der Waals surface area contributed by atoms with E-state index in [1.54, 1.807) is 13.2 Å². The summed E-state index contributed by atoms with van der Waals surface area (Å²) in [5, 5.41) is 14.0. The topological polar surface area (TPSA) is 102 Å². The third-order valence-electron chi connectivity index (χ3n) is 4.98. The number of rotatable bonds is 7. The maximum absolute atomic E-state index is 12.5. The lowest BCUT2D eigenvalue weighted by molar-refractivity contribution is -0.119. The maximum Gasteiger partial charge on any atom is 0.321 e. The van der Waals surface area contributed by atoms with Gasteiger partial charge < -0.3 is 9.73 Å². The molecular weight excluding hydrogens is 390 g/mol. The second kappa shape index (κ2) is 9.96. The van der Waals surface area contributed by atoms with Crippen molar-refractivity contribution >= 4 is 23.7 Å². The first-order valence-electron chi connectivity index (χ1n) is 10.2. The number of carbonyl (C=O) groups is 2. The minimum Gasteiger partial charge on any atom is -0.467 e. The average molecular weight is 420 g/mol. The first-order valence-corrected chi connectivity index (χ1v) is 11.1. The van der Waals surface area contributed by atoms with Gasteiger partial charge in [0.1, 0.15) is 11.6 Å². The summed E-state index contributed by atoms with van der Waals surface area (Å²) in [6.07, 6.45) is 7.02. The van der Waals surface area contributed by atoms with Gasteiger partial charge in [0.25, 0.3) is 0 Å². The monoisotopic (exact) mass is 419 g/mol. The van der Waals surface area contributed by atoms with Crippen LogP contribution in [0.5, 0.6) is 0 Å². The molecule has 0 radical (unpaired) electrons. The molecule has 2 aromatic heterocycles. The summed E-state index contributed by atoms with van der Waals surface area (Å²) in [5.41, 5.74) is 0. The van der Waals surface area contributed by atoms with Gasteiger partial charge in [0, 0.05) is 12.0 Å². The molecule has 0 bridgehead atoms. The minimum atomic E-state index is -0.494. The molecular formula is C20H29N5O3S. The molecule has 0 aliphatic heterocycles. The number of carbonyl (C=O) groups excluding carboxylic acids is 2. The van der Waals surface area contributed by atoms with Crippen LogP contribution < -0.4 is 10.6 Å². The van der Waals surface area contributed by atoms with Gasteiger partial charge in [-0.3, -0.25) is 14.7 Å². The van der Waals surface area contributed by atoms with E-state index in [9.17, 15) is 9.59 Å². The number of nitrogens with one attached hydrogen (secondary N) is 2. The summed E-state index contributed by atoms with van der Waals surface area (Å²) >= 11 is 1.28. The van der Waals surface area contributed by atoms with Crippen LogP contribution in [0.1, 0.15) is 70.4 Å². The van der Waals surface area contributed by atoms with Gasteiger partial charge in [-0.1, -0.05) is 44.9 Å². The number of urea groups is 1. The highest BCUT2D eigenvalue weighted by Gasteiger charge is 2.24. The second-order valence-corrected chi connectivity index (χ2v) is 9.03. The van der Waals surface area contributed by atoms with Gasteiger partial charge >= 0.3 is 6.03 Å². The fourth-order valence-corrected chi connectivity index (χ4v) is 4.27. The number of amides is 3. The van der Waals surface area contributed by atoms with Crippen LogP contribution in [0.3, 0.4) is 0 Å². The molecule has 0 spiro atoms. The third-order valence-corrected chi connectivity index (χ3v) is 6.06. The Morgan fingerprint density at radius 3 is 2.66 bits per heavy atom. The van der Waals surface area contributed by atoms with Crippen LogP contribution in [0.2, 0.25) is 0 Å². The summed E-state index contributed by atoms with van der Waals surface area (Å²) in [6, 6.07) is 3.46. The zero-order valence-corrected chi connectivity index (χ0v) is 18.0. The SMILES string of the molecule is CC(Sc1nnc(C(C)C)n1Cc1ccco1)C(=O)NC(=O)NC1CCCCC1.